The topological polar surface area (TPSA) is 53.4 Å². The second-order valence-electron chi connectivity index (χ2n) is 5.12. The van der Waals surface area contributed by atoms with Gasteiger partial charge in [-0.25, -0.2) is 4.98 Å². The van der Waals surface area contributed by atoms with Crippen molar-refractivity contribution in [2.24, 2.45) is 10.2 Å². The molecule has 0 amide bonds. The molecule has 4 nitrogen and oxygen atoms in total. The van der Waals surface area contributed by atoms with Crippen molar-refractivity contribution in [3.63, 3.8) is 0 Å². The molecule has 0 aliphatic carbocycles. The Bertz CT molecular complexity index is 701. The molecule has 1 N–H and O–H groups in total. The fraction of sp³-hybridized carbons (Fsp3) is 0.417. The summed E-state index contributed by atoms with van der Waals surface area (Å²) in [5, 5.41) is 7.77. The van der Waals surface area contributed by atoms with Crippen LogP contribution in [-0.4, -0.2) is 22.2 Å². The lowest BCUT2D eigenvalue weighted by Crippen LogP contribution is -2.30. The largest absolute Gasteiger partial charge is 0.412 e. The number of hydrogen-bond acceptors (Lipinski definition) is 3. The van der Waals surface area contributed by atoms with Crippen LogP contribution < -0.4 is 0 Å². The first-order chi connectivity index (χ1) is 9.69. The predicted molar refractivity (Wildman–Crippen MR) is 72.8 cm³/mol. The minimum Gasteiger partial charge on any atom is -0.340 e. The van der Waals surface area contributed by atoms with Crippen molar-refractivity contribution in [2.45, 2.75) is 31.1 Å². The van der Waals surface area contributed by atoms with Crippen LogP contribution >= 0.6 is 23.2 Å². The Morgan fingerprint density at radius 1 is 1.29 bits per heavy atom. The molecule has 1 aliphatic rings. The maximum atomic E-state index is 12.7. The van der Waals surface area contributed by atoms with Gasteiger partial charge in [-0.15, -0.1) is 0 Å². The molecule has 0 fully saturated rings. The molecule has 1 aromatic carbocycles. The van der Waals surface area contributed by atoms with Crippen LogP contribution in [-0.2, 0) is 5.54 Å². The number of aromatic nitrogens is 2. The third-order valence-electron chi connectivity index (χ3n) is 3.42. The lowest BCUT2D eigenvalue weighted by atomic mass is 9.95. The molecule has 9 heteroatoms. The average molecular weight is 337 g/mol. The highest BCUT2D eigenvalue weighted by Crippen LogP contribution is 2.42. The van der Waals surface area contributed by atoms with E-state index in [2.05, 4.69) is 20.2 Å². The number of hydrogen-bond donors (Lipinski definition) is 1. The molecule has 21 heavy (non-hydrogen) atoms. The van der Waals surface area contributed by atoms with E-state index >= 15 is 0 Å². The van der Waals surface area contributed by atoms with Gasteiger partial charge in [0.25, 0.3) is 0 Å². The Morgan fingerprint density at radius 2 is 1.95 bits per heavy atom. The first kappa shape index (κ1) is 14.6. The van der Waals surface area contributed by atoms with Gasteiger partial charge < -0.3 is 4.98 Å². The quantitative estimate of drug-likeness (QED) is 0.793. The Hall–Kier alpha value is -1.34. The third-order valence-corrected chi connectivity index (χ3v) is 4.14. The first-order valence-electron chi connectivity index (χ1n) is 6.03. The van der Waals surface area contributed by atoms with Crippen molar-refractivity contribution in [1.82, 2.24) is 9.97 Å². The molecular weight excluding hydrogens is 328 g/mol. The highest BCUT2D eigenvalue weighted by molar-refractivity contribution is 6.42. The molecule has 0 radical (unpaired) electrons. The van der Waals surface area contributed by atoms with Gasteiger partial charge in [0.2, 0.25) is 0 Å². The second kappa shape index (κ2) is 4.58. The zero-order valence-electron chi connectivity index (χ0n) is 10.7. The van der Waals surface area contributed by atoms with E-state index in [0.717, 1.165) is 0 Å². The summed E-state index contributed by atoms with van der Waals surface area (Å²) in [4.78, 5) is 7.21. The molecule has 2 unspecified atom stereocenters. The summed E-state index contributed by atoms with van der Waals surface area (Å²) in [6, 6.07) is 1.32. The summed E-state index contributed by atoms with van der Waals surface area (Å²) in [7, 11) is 0. The maximum Gasteiger partial charge on any atom is 0.412 e. The molecule has 2 aromatic rings. The monoisotopic (exact) mass is 336 g/mol. The molecule has 2 heterocycles. The molecule has 0 bridgehead atoms. The van der Waals surface area contributed by atoms with Crippen LogP contribution in [0.4, 0.5) is 13.2 Å². The van der Waals surface area contributed by atoms with Gasteiger partial charge in [0, 0.05) is 6.42 Å². The molecule has 3 rings (SSSR count). The van der Waals surface area contributed by atoms with Crippen LogP contribution in [0.15, 0.2) is 22.4 Å². The Morgan fingerprint density at radius 3 is 2.57 bits per heavy atom. The molecule has 0 saturated heterocycles. The van der Waals surface area contributed by atoms with Gasteiger partial charge in [-0.2, -0.15) is 23.4 Å². The average Bonchev–Trinajstić information content (AvgIpc) is 2.94. The summed E-state index contributed by atoms with van der Waals surface area (Å²) in [5.74, 6) is 0.311. The SMILES string of the molecule is CC1(c2nc3cc(Cl)c(Cl)cc3[nH]2)CC(C(F)(F)F)N=N1. The van der Waals surface area contributed by atoms with E-state index in [9.17, 15) is 13.2 Å². The summed E-state index contributed by atoms with van der Waals surface area (Å²) in [6.07, 6.45) is -4.68. The number of alkyl halides is 3. The molecule has 112 valence electrons. The number of nitrogens with zero attached hydrogens (tertiary/aromatic N) is 3. The summed E-state index contributed by atoms with van der Waals surface area (Å²) >= 11 is 11.8. The standard InChI is InChI=1S/C12H9Cl2F3N4/c1-11(4-9(20-21-11)12(15,16)17)10-18-7-2-5(13)6(14)3-8(7)19-10/h2-3,9H,4H2,1H3,(H,18,19). The van der Waals surface area contributed by atoms with Gasteiger partial charge >= 0.3 is 6.18 Å². The highest BCUT2D eigenvalue weighted by atomic mass is 35.5. The number of H-pyrrole nitrogens is 1. The molecule has 0 saturated carbocycles. The van der Waals surface area contributed by atoms with Crippen LogP contribution in [0.1, 0.15) is 19.2 Å². The van der Waals surface area contributed by atoms with Gasteiger partial charge in [-0.3, -0.25) is 0 Å². The van der Waals surface area contributed by atoms with Crippen LogP contribution in [0.5, 0.6) is 0 Å². The number of aromatic amines is 1. The van der Waals surface area contributed by atoms with E-state index < -0.39 is 17.8 Å². The minimum atomic E-state index is -4.40. The van der Waals surface area contributed by atoms with E-state index in [-0.39, 0.29) is 6.42 Å². The number of halogens is 5. The second-order valence-corrected chi connectivity index (χ2v) is 5.93. The summed E-state index contributed by atoms with van der Waals surface area (Å²) < 4.78 is 38.1. The maximum absolute atomic E-state index is 12.7. The third kappa shape index (κ3) is 2.48. The van der Waals surface area contributed by atoms with Crippen molar-refractivity contribution >= 4 is 34.2 Å². The normalized spacial score (nSPS) is 25.9. The lowest BCUT2D eigenvalue weighted by molar-refractivity contribution is -0.147. The number of azo groups is 1. The Kier molecular flexibility index (Phi) is 3.18. The number of benzene rings is 1. The van der Waals surface area contributed by atoms with Crippen molar-refractivity contribution in [3.8, 4) is 0 Å². The summed E-state index contributed by atoms with van der Waals surface area (Å²) in [6.45, 7) is 1.56. The first-order valence-corrected chi connectivity index (χ1v) is 6.79. The minimum absolute atomic E-state index is 0.280. The van der Waals surface area contributed by atoms with Crippen LogP contribution in [0.3, 0.4) is 0 Å². The van der Waals surface area contributed by atoms with Gasteiger partial charge in [0.05, 0.1) is 21.1 Å². The zero-order valence-corrected chi connectivity index (χ0v) is 12.2. The van der Waals surface area contributed by atoms with Crippen molar-refractivity contribution < 1.29 is 13.2 Å². The smallest absolute Gasteiger partial charge is 0.340 e. The predicted octanol–water partition coefficient (Wildman–Crippen LogP) is 4.87. The van der Waals surface area contributed by atoms with Gasteiger partial charge in [-0.1, -0.05) is 23.2 Å². The molecule has 1 aromatic heterocycles. The van der Waals surface area contributed by atoms with Crippen molar-refractivity contribution in [3.05, 3.63) is 28.0 Å². The van der Waals surface area contributed by atoms with E-state index in [1.807, 2.05) is 0 Å². The van der Waals surface area contributed by atoms with Crippen LogP contribution in [0, 0.1) is 0 Å². The molecule has 2 atom stereocenters. The van der Waals surface area contributed by atoms with Gasteiger partial charge in [0.15, 0.2) is 6.04 Å². The van der Waals surface area contributed by atoms with E-state index in [1.165, 1.54) is 0 Å². The van der Waals surface area contributed by atoms with Crippen molar-refractivity contribution in [2.75, 3.05) is 0 Å². The number of fused-ring (bicyclic) bond motifs is 1. The van der Waals surface area contributed by atoms with E-state index in [4.69, 9.17) is 23.2 Å². The van der Waals surface area contributed by atoms with Gasteiger partial charge in [-0.05, 0) is 19.1 Å². The summed E-state index contributed by atoms with van der Waals surface area (Å²) in [5.41, 5.74) is -0.0319. The fourth-order valence-electron chi connectivity index (χ4n) is 2.24. The number of nitrogens with one attached hydrogen (secondary N) is 1. The number of imidazole rings is 1. The van der Waals surface area contributed by atoms with E-state index in [0.29, 0.717) is 26.9 Å². The van der Waals surface area contributed by atoms with Crippen molar-refractivity contribution in [1.29, 1.82) is 0 Å². The molecule has 0 spiro atoms. The lowest BCUT2D eigenvalue weighted by Gasteiger charge is -2.18. The molecular formula is C12H9Cl2F3N4. The Balaban J connectivity index is 2.00. The van der Waals surface area contributed by atoms with E-state index in [1.54, 1.807) is 19.1 Å². The molecule has 1 aliphatic heterocycles. The zero-order chi connectivity index (χ0) is 15.4. The van der Waals surface area contributed by atoms with Gasteiger partial charge in [0.1, 0.15) is 11.4 Å². The Labute approximate surface area is 127 Å². The van der Waals surface area contributed by atoms with Crippen LogP contribution in [0.2, 0.25) is 10.0 Å². The van der Waals surface area contributed by atoms with Crippen LogP contribution in [0.25, 0.3) is 11.0 Å². The fourth-order valence-corrected chi connectivity index (χ4v) is 2.56. The highest BCUT2D eigenvalue weighted by Gasteiger charge is 2.50. The number of rotatable bonds is 1.